The number of rotatable bonds is 3. The van der Waals surface area contributed by atoms with Crippen molar-refractivity contribution >= 4 is 35.1 Å². The summed E-state index contributed by atoms with van der Waals surface area (Å²) in [5.41, 5.74) is 5.66. The molecular weight excluding hydrogens is 435 g/mol. The molecule has 10 heteroatoms. The Balaban J connectivity index is 0.000000300. The highest BCUT2D eigenvalue weighted by molar-refractivity contribution is 6.31. The Labute approximate surface area is 193 Å². The lowest BCUT2D eigenvalue weighted by Crippen LogP contribution is -2.41. The van der Waals surface area contributed by atoms with Gasteiger partial charge in [0.15, 0.2) is 6.19 Å². The van der Waals surface area contributed by atoms with Crippen molar-refractivity contribution in [1.82, 2.24) is 15.1 Å². The van der Waals surface area contributed by atoms with E-state index in [9.17, 15) is 14.0 Å². The average molecular weight is 463 g/mol. The van der Waals surface area contributed by atoms with Crippen molar-refractivity contribution in [1.29, 1.82) is 5.26 Å². The van der Waals surface area contributed by atoms with Gasteiger partial charge < -0.3 is 15.5 Å². The molecule has 2 aliphatic heterocycles. The molecule has 2 amide bonds. The molecule has 0 bridgehead atoms. The van der Waals surface area contributed by atoms with E-state index >= 15 is 0 Å². The monoisotopic (exact) mass is 462 g/mol. The number of hydrogen-bond acceptors (Lipinski definition) is 4. The van der Waals surface area contributed by atoms with Gasteiger partial charge in [-0.1, -0.05) is 18.0 Å². The molecule has 2 heterocycles. The van der Waals surface area contributed by atoms with Gasteiger partial charge in [-0.05, 0) is 43.9 Å². The van der Waals surface area contributed by atoms with Crippen LogP contribution in [0.25, 0.3) is 0 Å². The zero-order valence-corrected chi connectivity index (χ0v) is 18.7. The van der Waals surface area contributed by atoms with E-state index in [0.717, 1.165) is 51.7 Å². The summed E-state index contributed by atoms with van der Waals surface area (Å²) in [4.78, 5) is 31.0. The number of carbonyl (C=O) groups is 2. The van der Waals surface area contributed by atoms with Crippen molar-refractivity contribution in [3.63, 3.8) is 0 Å². The first kappa shape index (κ1) is 26.7. The molecule has 0 aliphatic carbocycles. The lowest BCUT2D eigenvalue weighted by Gasteiger charge is -2.23. The first-order valence-electron chi connectivity index (χ1n) is 10.2. The predicted octanol–water partition coefficient (Wildman–Crippen LogP) is 2.76. The number of amides is 2. The fourth-order valence-electron chi connectivity index (χ4n) is 3.21. The molecule has 2 saturated heterocycles. The third-order valence-electron chi connectivity index (χ3n) is 4.79. The van der Waals surface area contributed by atoms with E-state index in [1.165, 1.54) is 18.2 Å². The van der Waals surface area contributed by atoms with Crippen molar-refractivity contribution in [2.75, 3.05) is 26.2 Å². The van der Waals surface area contributed by atoms with E-state index in [1.807, 2.05) is 4.90 Å². The Morgan fingerprint density at radius 1 is 1.22 bits per heavy atom. The summed E-state index contributed by atoms with van der Waals surface area (Å²) >= 11 is 5.50. The van der Waals surface area contributed by atoms with Gasteiger partial charge in [-0.25, -0.2) is 9.38 Å². The normalized spacial score (nSPS) is 16.0. The van der Waals surface area contributed by atoms with Gasteiger partial charge in [-0.15, -0.1) is 12.8 Å². The average Bonchev–Trinajstić information content (AvgIpc) is 3.25. The topological polar surface area (TPSA) is 115 Å². The molecule has 0 aromatic heterocycles. The van der Waals surface area contributed by atoms with Gasteiger partial charge >= 0.3 is 0 Å². The molecule has 0 atom stereocenters. The number of hydrogen-bond donors (Lipinski definition) is 2. The van der Waals surface area contributed by atoms with E-state index in [0.29, 0.717) is 18.7 Å². The van der Waals surface area contributed by atoms with Crippen LogP contribution in [-0.4, -0.2) is 53.8 Å². The summed E-state index contributed by atoms with van der Waals surface area (Å²) in [6.07, 6.45) is 15.6. The van der Waals surface area contributed by atoms with Crippen LogP contribution in [0.5, 0.6) is 0 Å². The molecule has 0 radical (unpaired) electrons. The highest BCUT2D eigenvalue weighted by Gasteiger charge is 2.23. The summed E-state index contributed by atoms with van der Waals surface area (Å²) in [5.74, 6) is -0.314. The smallest absolute Gasteiger partial charge is 0.242 e. The Morgan fingerprint density at radius 3 is 2.50 bits per heavy atom. The largest absolute Gasteiger partial charge is 0.369 e. The second-order valence-electron chi connectivity index (χ2n) is 7.05. The van der Waals surface area contributed by atoms with Crippen LogP contribution in [0.1, 0.15) is 38.5 Å². The second kappa shape index (κ2) is 14.7. The van der Waals surface area contributed by atoms with Crippen LogP contribution in [0.2, 0.25) is 5.02 Å². The predicted molar refractivity (Wildman–Crippen MR) is 122 cm³/mol. The molecule has 32 heavy (non-hydrogen) atoms. The quantitative estimate of drug-likeness (QED) is 0.235. The Hall–Kier alpha value is -3.30. The minimum Gasteiger partial charge on any atom is -0.369 e. The summed E-state index contributed by atoms with van der Waals surface area (Å²) in [5, 5.41) is 10.3. The maximum Gasteiger partial charge on any atom is 0.242 e. The molecule has 8 nitrogen and oxygen atoms in total. The number of nitriles is 1. The van der Waals surface area contributed by atoms with Crippen LogP contribution in [0.3, 0.4) is 0 Å². The third-order valence-corrected chi connectivity index (χ3v) is 5.08. The van der Waals surface area contributed by atoms with E-state index < -0.39 is 5.82 Å². The number of halogens is 2. The second-order valence-corrected chi connectivity index (χ2v) is 7.45. The number of nitrogens with zero attached hydrogens (tertiary/aromatic N) is 4. The van der Waals surface area contributed by atoms with Crippen LogP contribution in [0.15, 0.2) is 23.2 Å². The molecule has 1 aromatic carbocycles. The van der Waals surface area contributed by atoms with Gasteiger partial charge in [0.25, 0.3) is 0 Å². The number of benzene rings is 1. The molecule has 0 unspecified atom stereocenters. The number of carbonyl (C=O) groups excluding carboxylic acids is 2. The van der Waals surface area contributed by atoms with Crippen molar-refractivity contribution in [3.05, 3.63) is 29.0 Å². The zero-order valence-electron chi connectivity index (χ0n) is 17.9. The Bertz CT molecular complexity index is 862. The van der Waals surface area contributed by atoms with Crippen LogP contribution < -0.4 is 11.1 Å². The molecule has 0 spiro atoms. The van der Waals surface area contributed by atoms with E-state index in [-0.39, 0.29) is 22.8 Å². The number of nitrogens with two attached hydrogens (primary N) is 1. The molecule has 1 aromatic rings. The number of aliphatic imine (C=N–C) groups is 1. The molecule has 3 rings (SSSR count). The first-order chi connectivity index (χ1) is 15.4. The SMILES string of the molecule is C#C.N#CNC(N)=Nc1ccc(F)c(Cl)c1.O=C(CN1CCCCCC1=O)N1CCCC1. The van der Waals surface area contributed by atoms with Crippen LogP contribution >= 0.6 is 11.6 Å². The zero-order chi connectivity index (χ0) is 23.9. The number of terminal acetylenes is 1. The van der Waals surface area contributed by atoms with Gasteiger partial charge in [-0.3, -0.25) is 14.9 Å². The maximum absolute atomic E-state index is 12.7. The van der Waals surface area contributed by atoms with Gasteiger partial charge in [-0.2, -0.15) is 5.26 Å². The van der Waals surface area contributed by atoms with E-state index in [4.69, 9.17) is 22.6 Å². The van der Waals surface area contributed by atoms with Gasteiger partial charge in [0, 0.05) is 26.1 Å². The number of guanidine groups is 1. The summed E-state index contributed by atoms with van der Waals surface area (Å²) in [7, 11) is 0. The fourth-order valence-corrected chi connectivity index (χ4v) is 3.39. The number of likely N-dealkylation sites (tertiary alicyclic amines) is 2. The molecule has 0 saturated carbocycles. The summed E-state index contributed by atoms with van der Waals surface area (Å²) < 4.78 is 12.7. The lowest BCUT2D eigenvalue weighted by molar-refractivity contribution is -0.139. The van der Waals surface area contributed by atoms with Crippen molar-refractivity contribution in [2.45, 2.75) is 38.5 Å². The molecule has 3 N–H and O–H groups in total. The third kappa shape index (κ3) is 9.23. The maximum atomic E-state index is 12.7. The Kier molecular flexibility index (Phi) is 12.2. The number of nitrogens with one attached hydrogen (secondary N) is 1. The highest BCUT2D eigenvalue weighted by Crippen LogP contribution is 2.21. The van der Waals surface area contributed by atoms with Gasteiger partial charge in [0.2, 0.25) is 17.8 Å². The van der Waals surface area contributed by atoms with E-state index in [1.54, 1.807) is 11.1 Å². The van der Waals surface area contributed by atoms with Gasteiger partial charge in [0.05, 0.1) is 17.3 Å². The van der Waals surface area contributed by atoms with E-state index in [2.05, 4.69) is 23.2 Å². The minimum absolute atomic E-state index is 0.0454. The first-order valence-corrected chi connectivity index (χ1v) is 10.6. The molecule has 172 valence electrons. The summed E-state index contributed by atoms with van der Waals surface area (Å²) in [6.45, 7) is 2.82. The highest BCUT2D eigenvalue weighted by atomic mass is 35.5. The molecule has 2 aliphatic rings. The van der Waals surface area contributed by atoms with Crippen molar-refractivity contribution < 1.29 is 14.0 Å². The van der Waals surface area contributed by atoms with Gasteiger partial charge in [0.1, 0.15) is 5.82 Å². The van der Waals surface area contributed by atoms with Crippen molar-refractivity contribution in [2.24, 2.45) is 10.7 Å². The van der Waals surface area contributed by atoms with Crippen LogP contribution in [0, 0.1) is 30.1 Å². The molecule has 2 fully saturated rings. The Morgan fingerprint density at radius 2 is 1.88 bits per heavy atom. The molecular formula is C22H28ClFN6O2. The standard InChI is InChI=1S/C12H20N2O2.C8H6ClFN4.C2H2/c15-11-6-2-1-3-9-14(11)10-12(16)13-7-4-5-8-13;9-6-3-5(1-2-7(6)10)14-8(12)13-4-11;1-2/h1-10H2;1-3H,(H3,12,13,14);1-2H. The fraction of sp³-hybridized carbons (Fsp3) is 0.455. The summed E-state index contributed by atoms with van der Waals surface area (Å²) in [6, 6.07) is 3.87. The van der Waals surface area contributed by atoms with Crippen molar-refractivity contribution in [3.8, 4) is 19.0 Å². The minimum atomic E-state index is -0.530. The lowest BCUT2D eigenvalue weighted by atomic mass is 10.2. The van der Waals surface area contributed by atoms with Crippen LogP contribution in [-0.2, 0) is 9.59 Å². The van der Waals surface area contributed by atoms with Crippen LogP contribution in [0.4, 0.5) is 10.1 Å².